The molecule has 1 aromatic heterocycles. The topological polar surface area (TPSA) is 21.1 Å². The lowest BCUT2D eigenvalue weighted by molar-refractivity contribution is 0.309. The molecule has 1 aromatic carbocycles. The Morgan fingerprint density at radius 3 is 2.90 bits per heavy atom. The van der Waals surface area contributed by atoms with E-state index >= 15 is 0 Å². The van der Waals surface area contributed by atoms with Crippen LogP contribution in [0.1, 0.15) is 18.7 Å². The molecule has 114 valence electrons. The highest BCUT2D eigenvalue weighted by molar-refractivity contribution is 9.10. The fourth-order valence-corrected chi connectivity index (χ4v) is 3.15. The molecular weight excluding hydrogens is 357 g/mol. The van der Waals surface area contributed by atoms with Crippen LogP contribution in [-0.2, 0) is 13.0 Å². The normalized spacial score (nSPS) is 15.3. The number of hydrogen-bond acceptors (Lipinski definition) is 2. The summed E-state index contributed by atoms with van der Waals surface area (Å²) in [4.78, 5) is 6.93. The van der Waals surface area contributed by atoms with Crippen LogP contribution < -0.4 is 0 Å². The van der Waals surface area contributed by atoms with E-state index in [0.29, 0.717) is 22.3 Å². The largest absolute Gasteiger partial charge is 0.327 e. The van der Waals surface area contributed by atoms with E-state index in [1.54, 1.807) is 0 Å². The summed E-state index contributed by atoms with van der Waals surface area (Å²) in [6.45, 7) is 1.83. The van der Waals surface area contributed by atoms with Gasteiger partial charge in [-0.3, -0.25) is 0 Å². The van der Waals surface area contributed by atoms with Gasteiger partial charge >= 0.3 is 0 Å². The molecular formula is C15H18BrClFN3. The summed E-state index contributed by atoms with van der Waals surface area (Å²) in [6, 6.07) is 4.03. The van der Waals surface area contributed by atoms with Crippen molar-refractivity contribution in [1.29, 1.82) is 0 Å². The van der Waals surface area contributed by atoms with Gasteiger partial charge in [0.05, 0.1) is 15.5 Å². The van der Waals surface area contributed by atoms with Gasteiger partial charge < -0.3 is 9.47 Å². The number of benzene rings is 1. The Morgan fingerprint density at radius 2 is 2.24 bits per heavy atom. The van der Waals surface area contributed by atoms with Crippen LogP contribution in [0.15, 0.2) is 16.6 Å². The maximum atomic E-state index is 13.7. The molecule has 3 rings (SSSR count). The van der Waals surface area contributed by atoms with Gasteiger partial charge in [0.2, 0.25) is 0 Å². The minimum atomic E-state index is -0.278. The van der Waals surface area contributed by atoms with Gasteiger partial charge in [0, 0.05) is 37.5 Å². The molecule has 1 aliphatic rings. The van der Waals surface area contributed by atoms with Crippen molar-refractivity contribution in [2.24, 2.45) is 0 Å². The zero-order chi connectivity index (χ0) is 15.0. The summed E-state index contributed by atoms with van der Waals surface area (Å²) in [5.41, 5.74) is 1.66. The van der Waals surface area contributed by atoms with Gasteiger partial charge in [-0.1, -0.05) is 0 Å². The Labute approximate surface area is 137 Å². The van der Waals surface area contributed by atoms with E-state index < -0.39 is 0 Å². The van der Waals surface area contributed by atoms with Crippen molar-refractivity contribution in [1.82, 2.24) is 14.5 Å². The molecule has 0 spiro atoms. The molecule has 2 aromatic rings. The van der Waals surface area contributed by atoms with Crippen molar-refractivity contribution in [3.63, 3.8) is 0 Å². The molecule has 0 radical (unpaired) electrons. The fourth-order valence-electron chi connectivity index (χ4n) is 2.65. The minimum absolute atomic E-state index is 0.278. The highest BCUT2D eigenvalue weighted by Gasteiger charge is 2.26. The van der Waals surface area contributed by atoms with Gasteiger partial charge in [0.1, 0.15) is 11.6 Å². The van der Waals surface area contributed by atoms with Crippen molar-refractivity contribution in [3.8, 4) is 0 Å². The number of alkyl halides is 1. The van der Waals surface area contributed by atoms with Crippen molar-refractivity contribution in [2.45, 2.75) is 31.8 Å². The van der Waals surface area contributed by atoms with E-state index in [9.17, 15) is 4.39 Å². The summed E-state index contributed by atoms with van der Waals surface area (Å²) >= 11 is 9.13. The van der Waals surface area contributed by atoms with E-state index in [0.717, 1.165) is 30.5 Å². The third-order valence-electron chi connectivity index (χ3n) is 4.03. The third-order valence-corrected chi connectivity index (χ3v) is 4.83. The van der Waals surface area contributed by atoms with Crippen molar-refractivity contribution in [2.75, 3.05) is 19.5 Å². The number of likely N-dealkylation sites (N-methyl/N-ethyl adjacent to an activating group) is 1. The first-order valence-electron chi connectivity index (χ1n) is 7.20. The van der Waals surface area contributed by atoms with Gasteiger partial charge in [0.25, 0.3) is 0 Å². The Morgan fingerprint density at radius 1 is 1.48 bits per heavy atom. The first-order valence-corrected chi connectivity index (χ1v) is 8.53. The second kappa shape index (κ2) is 6.23. The lowest BCUT2D eigenvalue weighted by atomic mass is 10.3. The smallest absolute Gasteiger partial charge is 0.139 e. The van der Waals surface area contributed by atoms with Crippen LogP contribution in [0.4, 0.5) is 4.39 Å². The zero-order valence-electron chi connectivity index (χ0n) is 12.0. The molecule has 0 aliphatic heterocycles. The van der Waals surface area contributed by atoms with E-state index in [4.69, 9.17) is 11.6 Å². The molecule has 0 unspecified atom stereocenters. The van der Waals surface area contributed by atoms with Gasteiger partial charge in [-0.15, -0.1) is 11.6 Å². The van der Waals surface area contributed by atoms with E-state index in [2.05, 4.69) is 37.4 Å². The second-order valence-electron chi connectivity index (χ2n) is 5.59. The lowest BCUT2D eigenvalue weighted by Gasteiger charge is -2.17. The molecule has 21 heavy (non-hydrogen) atoms. The lowest BCUT2D eigenvalue weighted by Crippen LogP contribution is -2.25. The Balaban J connectivity index is 1.92. The zero-order valence-corrected chi connectivity index (χ0v) is 14.3. The average Bonchev–Trinajstić information content (AvgIpc) is 3.24. The van der Waals surface area contributed by atoms with Crippen LogP contribution in [-0.4, -0.2) is 40.0 Å². The summed E-state index contributed by atoms with van der Waals surface area (Å²) in [6.07, 6.45) is 3.29. The summed E-state index contributed by atoms with van der Waals surface area (Å²) < 4.78 is 16.3. The summed E-state index contributed by atoms with van der Waals surface area (Å²) in [7, 11) is 2.16. The standard InChI is InChI=1S/C15H18BrClFN3/c1-20(10-2-3-10)6-7-21-14-8-11(16)12(18)9-13(14)19-15(21)4-5-17/h8-10H,2-7H2,1H3. The monoisotopic (exact) mass is 373 g/mol. The molecule has 6 heteroatoms. The number of rotatable bonds is 6. The number of halogens is 3. The van der Waals surface area contributed by atoms with Gasteiger partial charge in [-0.2, -0.15) is 0 Å². The van der Waals surface area contributed by atoms with Crippen LogP contribution in [0.2, 0.25) is 0 Å². The molecule has 1 fully saturated rings. The van der Waals surface area contributed by atoms with Crippen LogP contribution in [0.5, 0.6) is 0 Å². The highest BCUT2D eigenvalue weighted by Crippen LogP contribution is 2.27. The molecule has 0 N–H and O–H groups in total. The molecule has 0 atom stereocenters. The van der Waals surface area contributed by atoms with E-state index in [1.165, 1.54) is 18.9 Å². The van der Waals surface area contributed by atoms with Gasteiger partial charge in [-0.05, 0) is 41.9 Å². The Kier molecular flexibility index (Phi) is 4.52. The van der Waals surface area contributed by atoms with Crippen molar-refractivity contribution >= 4 is 38.6 Å². The van der Waals surface area contributed by atoms with Crippen LogP contribution in [0.3, 0.4) is 0 Å². The quantitative estimate of drug-likeness (QED) is 0.717. The predicted octanol–water partition coefficient (Wildman–Crippen LogP) is 3.81. The van der Waals surface area contributed by atoms with Gasteiger partial charge in [0.15, 0.2) is 0 Å². The van der Waals surface area contributed by atoms with E-state index in [-0.39, 0.29) is 5.82 Å². The van der Waals surface area contributed by atoms with Crippen LogP contribution in [0.25, 0.3) is 11.0 Å². The molecule has 0 amide bonds. The first kappa shape index (κ1) is 15.3. The van der Waals surface area contributed by atoms with Crippen LogP contribution >= 0.6 is 27.5 Å². The number of hydrogen-bond donors (Lipinski definition) is 0. The maximum absolute atomic E-state index is 13.7. The number of nitrogens with zero attached hydrogens (tertiary/aromatic N) is 3. The summed E-state index contributed by atoms with van der Waals surface area (Å²) in [5.74, 6) is 1.17. The van der Waals surface area contributed by atoms with Crippen molar-refractivity contribution < 1.29 is 4.39 Å². The molecule has 0 bridgehead atoms. The molecule has 1 aliphatic carbocycles. The maximum Gasteiger partial charge on any atom is 0.139 e. The molecule has 3 nitrogen and oxygen atoms in total. The number of fused-ring (bicyclic) bond motifs is 1. The molecule has 0 saturated heterocycles. The molecule has 1 saturated carbocycles. The van der Waals surface area contributed by atoms with Crippen LogP contribution in [0, 0.1) is 5.82 Å². The summed E-state index contributed by atoms with van der Waals surface area (Å²) in [5, 5.41) is 0. The number of aryl methyl sites for hydroxylation is 1. The fraction of sp³-hybridized carbons (Fsp3) is 0.533. The van der Waals surface area contributed by atoms with E-state index in [1.807, 2.05) is 6.07 Å². The Hall–Kier alpha value is -0.650. The van der Waals surface area contributed by atoms with Gasteiger partial charge in [-0.25, -0.2) is 9.37 Å². The predicted molar refractivity (Wildman–Crippen MR) is 87.5 cm³/mol. The molecule has 1 heterocycles. The minimum Gasteiger partial charge on any atom is -0.327 e. The Bertz CT molecular complexity index is 654. The SMILES string of the molecule is CN(CCn1c(CCCl)nc2cc(F)c(Br)cc21)C1CC1. The third kappa shape index (κ3) is 3.25. The number of aromatic nitrogens is 2. The van der Waals surface area contributed by atoms with Crippen molar-refractivity contribution in [3.05, 3.63) is 28.2 Å². The number of imidazole rings is 1. The first-order chi connectivity index (χ1) is 10.1. The average molecular weight is 375 g/mol. The highest BCUT2D eigenvalue weighted by atomic mass is 79.9. The second-order valence-corrected chi connectivity index (χ2v) is 6.82.